The Bertz CT molecular complexity index is 1030. The summed E-state index contributed by atoms with van der Waals surface area (Å²) in [5, 5.41) is 0.439. The molecule has 1 aliphatic heterocycles. The maximum absolute atomic E-state index is 13.1. The zero-order valence-corrected chi connectivity index (χ0v) is 17.7. The first-order valence-electron chi connectivity index (χ1n) is 9.63. The van der Waals surface area contributed by atoms with Crippen molar-refractivity contribution in [3.63, 3.8) is 0 Å². The van der Waals surface area contributed by atoms with Gasteiger partial charge in [-0.05, 0) is 49.6 Å². The molecule has 4 rings (SSSR count). The summed E-state index contributed by atoms with van der Waals surface area (Å²) in [6, 6.07) is 10.2. The Morgan fingerprint density at radius 3 is 2.52 bits per heavy atom. The number of aryl methyl sites for hydroxylation is 1. The Morgan fingerprint density at radius 2 is 1.86 bits per heavy atom. The molecule has 1 saturated carbocycles. The highest BCUT2D eigenvalue weighted by Crippen LogP contribution is 2.24. The number of carbonyl (C=O) groups excluding carboxylic acids is 1. The van der Waals surface area contributed by atoms with Crippen molar-refractivity contribution >= 4 is 33.3 Å². The molecule has 0 bridgehead atoms. The number of pyridine rings is 1. The quantitative estimate of drug-likeness (QED) is 0.731. The van der Waals surface area contributed by atoms with E-state index in [1.807, 2.05) is 19.1 Å². The SMILES string of the molecule is Cc1ccc(S(=O)(=O)NC2CC2)cc1C(=O)N1CCN(c2cccc(Cl)n2)CC1. The van der Waals surface area contributed by atoms with Crippen molar-refractivity contribution in [2.75, 3.05) is 31.1 Å². The number of nitrogens with zero attached hydrogens (tertiary/aromatic N) is 3. The molecular formula is C20H23ClN4O3S. The topological polar surface area (TPSA) is 82.6 Å². The van der Waals surface area contributed by atoms with Gasteiger partial charge in [0.15, 0.2) is 0 Å². The van der Waals surface area contributed by atoms with E-state index in [2.05, 4.69) is 14.6 Å². The Labute approximate surface area is 175 Å². The minimum absolute atomic E-state index is 0.0219. The lowest BCUT2D eigenvalue weighted by Gasteiger charge is -2.35. The molecule has 1 aromatic carbocycles. The van der Waals surface area contributed by atoms with Crippen molar-refractivity contribution in [3.8, 4) is 0 Å². The van der Waals surface area contributed by atoms with E-state index in [0.717, 1.165) is 24.2 Å². The second-order valence-electron chi connectivity index (χ2n) is 7.47. The Balaban J connectivity index is 1.48. The van der Waals surface area contributed by atoms with E-state index in [0.29, 0.717) is 36.9 Å². The summed E-state index contributed by atoms with van der Waals surface area (Å²) in [6.45, 7) is 4.16. The predicted molar refractivity (Wildman–Crippen MR) is 112 cm³/mol. The van der Waals surface area contributed by atoms with E-state index in [1.54, 1.807) is 23.1 Å². The molecule has 1 aromatic heterocycles. The lowest BCUT2D eigenvalue weighted by molar-refractivity contribution is 0.0745. The minimum atomic E-state index is -3.60. The van der Waals surface area contributed by atoms with Gasteiger partial charge >= 0.3 is 0 Å². The average Bonchev–Trinajstić information content (AvgIpc) is 3.51. The Kier molecular flexibility index (Phi) is 5.50. The number of amides is 1. The summed E-state index contributed by atoms with van der Waals surface area (Å²) in [5.74, 6) is 0.643. The normalized spacial score (nSPS) is 17.4. The van der Waals surface area contributed by atoms with Crippen LogP contribution in [0.25, 0.3) is 0 Å². The van der Waals surface area contributed by atoms with Crippen LogP contribution in [0.2, 0.25) is 5.15 Å². The van der Waals surface area contributed by atoms with Crippen LogP contribution in [0.4, 0.5) is 5.82 Å². The average molecular weight is 435 g/mol. The van der Waals surface area contributed by atoms with Crippen molar-refractivity contribution < 1.29 is 13.2 Å². The summed E-state index contributed by atoms with van der Waals surface area (Å²) < 4.78 is 27.7. The molecule has 0 atom stereocenters. The highest BCUT2D eigenvalue weighted by molar-refractivity contribution is 7.89. The molecule has 7 nitrogen and oxygen atoms in total. The third-order valence-corrected chi connectivity index (χ3v) is 6.97. The van der Waals surface area contributed by atoms with Gasteiger partial charge in [0, 0.05) is 37.8 Å². The maximum Gasteiger partial charge on any atom is 0.254 e. The fourth-order valence-electron chi connectivity index (χ4n) is 3.37. The number of rotatable bonds is 5. The van der Waals surface area contributed by atoms with Gasteiger partial charge in [0.2, 0.25) is 10.0 Å². The standard InChI is InChI=1S/C20H23ClN4O3S/c1-14-5-8-16(29(27,28)23-15-6-7-15)13-17(14)20(26)25-11-9-24(10-12-25)19-4-2-3-18(21)22-19/h2-5,8,13,15,23H,6-7,9-12H2,1H3. The summed E-state index contributed by atoms with van der Waals surface area (Å²) in [7, 11) is -3.60. The lowest BCUT2D eigenvalue weighted by atomic mass is 10.1. The molecule has 1 amide bonds. The second-order valence-corrected chi connectivity index (χ2v) is 9.57. The molecule has 2 aliphatic rings. The van der Waals surface area contributed by atoms with E-state index in [-0.39, 0.29) is 16.8 Å². The number of sulfonamides is 1. The van der Waals surface area contributed by atoms with E-state index in [1.165, 1.54) is 6.07 Å². The number of carbonyl (C=O) groups is 1. The van der Waals surface area contributed by atoms with Crippen LogP contribution in [-0.2, 0) is 10.0 Å². The van der Waals surface area contributed by atoms with Crippen LogP contribution in [0.1, 0.15) is 28.8 Å². The predicted octanol–water partition coefficient (Wildman–Crippen LogP) is 2.45. The lowest BCUT2D eigenvalue weighted by Crippen LogP contribution is -2.49. The van der Waals surface area contributed by atoms with Crippen LogP contribution >= 0.6 is 11.6 Å². The van der Waals surface area contributed by atoms with E-state index in [4.69, 9.17) is 11.6 Å². The first kappa shape index (κ1) is 20.1. The molecule has 2 aromatic rings. The van der Waals surface area contributed by atoms with Crippen molar-refractivity contribution in [1.29, 1.82) is 0 Å². The molecule has 29 heavy (non-hydrogen) atoms. The van der Waals surface area contributed by atoms with E-state index in [9.17, 15) is 13.2 Å². The van der Waals surface area contributed by atoms with Gasteiger partial charge < -0.3 is 9.80 Å². The number of hydrogen-bond acceptors (Lipinski definition) is 5. The summed E-state index contributed by atoms with van der Waals surface area (Å²) in [6.07, 6.45) is 1.73. The number of anilines is 1. The van der Waals surface area contributed by atoms with Crippen LogP contribution in [-0.4, -0.2) is 56.4 Å². The summed E-state index contributed by atoms with van der Waals surface area (Å²) in [5.41, 5.74) is 1.19. The number of nitrogens with one attached hydrogen (secondary N) is 1. The molecule has 0 spiro atoms. The largest absolute Gasteiger partial charge is 0.353 e. The zero-order valence-electron chi connectivity index (χ0n) is 16.1. The van der Waals surface area contributed by atoms with Crippen LogP contribution in [0.5, 0.6) is 0 Å². The second kappa shape index (κ2) is 7.93. The fourth-order valence-corrected chi connectivity index (χ4v) is 4.86. The molecule has 2 heterocycles. The molecule has 0 radical (unpaired) electrons. The zero-order chi connectivity index (χ0) is 20.6. The summed E-state index contributed by atoms with van der Waals surface area (Å²) >= 11 is 5.97. The van der Waals surface area contributed by atoms with Gasteiger partial charge in [0.25, 0.3) is 5.91 Å². The molecule has 0 unspecified atom stereocenters. The molecule has 1 saturated heterocycles. The highest BCUT2D eigenvalue weighted by Gasteiger charge is 2.29. The molecule has 1 N–H and O–H groups in total. The van der Waals surface area contributed by atoms with Gasteiger partial charge in [0.05, 0.1) is 4.90 Å². The molecule has 1 aliphatic carbocycles. The highest BCUT2D eigenvalue weighted by atomic mass is 35.5. The van der Waals surface area contributed by atoms with E-state index < -0.39 is 10.0 Å². The Hall–Kier alpha value is -2.16. The van der Waals surface area contributed by atoms with Crippen LogP contribution in [0.15, 0.2) is 41.3 Å². The first-order valence-corrected chi connectivity index (χ1v) is 11.5. The van der Waals surface area contributed by atoms with Gasteiger partial charge in [-0.25, -0.2) is 18.1 Å². The van der Waals surface area contributed by atoms with Gasteiger partial charge in [-0.2, -0.15) is 0 Å². The van der Waals surface area contributed by atoms with Crippen LogP contribution in [0, 0.1) is 6.92 Å². The molecule has 154 valence electrons. The van der Waals surface area contributed by atoms with Gasteiger partial charge in [0.1, 0.15) is 11.0 Å². The van der Waals surface area contributed by atoms with Crippen molar-refractivity contribution in [2.45, 2.75) is 30.7 Å². The van der Waals surface area contributed by atoms with Crippen molar-refractivity contribution in [1.82, 2.24) is 14.6 Å². The Morgan fingerprint density at radius 1 is 1.14 bits per heavy atom. The molecular weight excluding hydrogens is 412 g/mol. The monoisotopic (exact) mass is 434 g/mol. The summed E-state index contributed by atoms with van der Waals surface area (Å²) in [4.78, 5) is 21.4. The third kappa shape index (κ3) is 4.55. The third-order valence-electron chi connectivity index (χ3n) is 5.24. The van der Waals surface area contributed by atoms with Gasteiger partial charge in [-0.15, -0.1) is 0 Å². The smallest absolute Gasteiger partial charge is 0.254 e. The van der Waals surface area contributed by atoms with Crippen LogP contribution in [0.3, 0.4) is 0 Å². The number of piperazine rings is 1. The fraction of sp³-hybridized carbons (Fsp3) is 0.400. The molecule has 2 fully saturated rings. The van der Waals surface area contributed by atoms with Crippen molar-refractivity contribution in [3.05, 3.63) is 52.7 Å². The van der Waals surface area contributed by atoms with E-state index >= 15 is 0 Å². The maximum atomic E-state index is 13.1. The van der Waals surface area contributed by atoms with Gasteiger partial charge in [-0.3, -0.25) is 4.79 Å². The van der Waals surface area contributed by atoms with Gasteiger partial charge in [-0.1, -0.05) is 23.7 Å². The number of aromatic nitrogens is 1. The van der Waals surface area contributed by atoms with Crippen LogP contribution < -0.4 is 9.62 Å². The van der Waals surface area contributed by atoms with Crippen molar-refractivity contribution in [2.24, 2.45) is 0 Å². The number of benzene rings is 1. The first-order chi connectivity index (χ1) is 13.8. The molecule has 9 heteroatoms. The number of halogens is 1. The minimum Gasteiger partial charge on any atom is -0.353 e. The number of hydrogen-bond donors (Lipinski definition) is 1.